The second-order valence-corrected chi connectivity index (χ2v) is 9.73. The number of nitrogens with one attached hydrogen (secondary N) is 2. The topological polar surface area (TPSA) is 88.2 Å². The lowest BCUT2D eigenvalue weighted by molar-refractivity contribution is 0.102. The second kappa shape index (κ2) is 8.06. The smallest absolute Gasteiger partial charge is 0.261 e. The molecule has 0 saturated heterocycles. The molecule has 0 unspecified atom stereocenters. The molecule has 0 radical (unpaired) electrons. The Morgan fingerprint density at radius 2 is 1.80 bits per heavy atom. The molecule has 6 nitrogen and oxygen atoms in total. The number of thiazole rings is 1. The van der Waals surface area contributed by atoms with E-state index in [0.717, 1.165) is 15.8 Å². The zero-order chi connectivity index (χ0) is 21.3. The summed E-state index contributed by atoms with van der Waals surface area (Å²) in [5.41, 5.74) is 2.29. The Morgan fingerprint density at radius 3 is 2.57 bits per heavy atom. The molecular weight excluding hydrogens is 442 g/mol. The van der Waals surface area contributed by atoms with Crippen LogP contribution in [-0.2, 0) is 10.0 Å². The molecule has 30 heavy (non-hydrogen) atoms. The van der Waals surface area contributed by atoms with Crippen LogP contribution in [0.25, 0.3) is 10.2 Å². The first kappa shape index (κ1) is 20.3. The molecule has 0 aliphatic heterocycles. The molecule has 0 atom stereocenters. The fourth-order valence-corrected chi connectivity index (χ4v) is 4.96. The molecule has 0 saturated carbocycles. The molecule has 2 N–H and O–H groups in total. The summed E-state index contributed by atoms with van der Waals surface area (Å²) in [5.74, 6) is -0.392. The Hall–Kier alpha value is -2.94. The number of benzene rings is 3. The first-order chi connectivity index (χ1) is 14.3. The van der Waals surface area contributed by atoms with Crippen LogP contribution in [0.4, 0.5) is 10.8 Å². The third-order valence-corrected chi connectivity index (χ3v) is 6.85. The third kappa shape index (κ3) is 4.46. The van der Waals surface area contributed by atoms with Crippen LogP contribution >= 0.6 is 22.9 Å². The van der Waals surface area contributed by atoms with Gasteiger partial charge in [0.2, 0.25) is 0 Å². The highest BCUT2D eigenvalue weighted by Gasteiger charge is 2.16. The summed E-state index contributed by atoms with van der Waals surface area (Å²) in [4.78, 5) is 17.1. The van der Waals surface area contributed by atoms with Gasteiger partial charge in [0.15, 0.2) is 5.13 Å². The quantitative estimate of drug-likeness (QED) is 0.425. The van der Waals surface area contributed by atoms with Crippen LogP contribution in [0.15, 0.2) is 71.6 Å². The van der Waals surface area contributed by atoms with Gasteiger partial charge >= 0.3 is 0 Å². The highest BCUT2D eigenvalue weighted by Crippen LogP contribution is 2.28. The molecule has 9 heteroatoms. The van der Waals surface area contributed by atoms with Crippen molar-refractivity contribution in [1.82, 2.24) is 4.98 Å². The van der Waals surface area contributed by atoms with Gasteiger partial charge in [0.1, 0.15) is 0 Å². The van der Waals surface area contributed by atoms with E-state index in [1.807, 2.05) is 6.92 Å². The maximum atomic E-state index is 12.6. The van der Waals surface area contributed by atoms with Gasteiger partial charge in [-0.15, -0.1) is 0 Å². The minimum absolute atomic E-state index is 0.149. The van der Waals surface area contributed by atoms with Gasteiger partial charge in [0, 0.05) is 16.3 Å². The predicted octanol–water partition coefficient (Wildman–Crippen LogP) is 5.31. The number of aryl methyl sites for hydroxylation is 1. The van der Waals surface area contributed by atoms with Gasteiger partial charge in [-0.05, 0) is 55.5 Å². The maximum Gasteiger partial charge on any atom is 0.261 e. The Morgan fingerprint density at radius 1 is 1.03 bits per heavy atom. The van der Waals surface area contributed by atoms with Crippen molar-refractivity contribution in [3.05, 3.63) is 82.9 Å². The van der Waals surface area contributed by atoms with Crippen molar-refractivity contribution in [3.63, 3.8) is 0 Å². The Kier molecular flexibility index (Phi) is 5.46. The zero-order valence-electron chi connectivity index (χ0n) is 15.7. The van der Waals surface area contributed by atoms with E-state index in [1.54, 1.807) is 48.5 Å². The van der Waals surface area contributed by atoms with Crippen molar-refractivity contribution < 1.29 is 13.2 Å². The molecule has 0 aliphatic carbocycles. The van der Waals surface area contributed by atoms with Crippen LogP contribution in [0.5, 0.6) is 0 Å². The van der Waals surface area contributed by atoms with Crippen LogP contribution in [0, 0.1) is 6.92 Å². The van der Waals surface area contributed by atoms with Crippen molar-refractivity contribution >= 4 is 59.9 Å². The molecule has 0 fully saturated rings. The zero-order valence-corrected chi connectivity index (χ0v) is 18.1. The number of aromatic nitrogens is 1. The van der Waals surface area contributed by atoms with Gasteiger partial charge in [0.05, 0.1) is 15.1 Å². The van der Waals surface area contributed by atoms with E-state index in [2.05, 4.69) is 15.0 Å². The summed E-state index contributed by atoms with van der Waals surface area (Å²) < 4.78 is 28.5. The van der Waals surface area contributed by atoms with Gasteiger partial charge in [-0.1, -0.05) is 46.7 Å². The lowest BCUT2D eigenvalue weighted by Crippen LogP contribution is -2.15. The number of fused-ring (bicyclic) bond motifs is 1. The normalized spacial score (nSPS) is 11.4. The molecule has 3 aromatic carbocycles. The summed E-state index contributed by atoms with van der Waals surface area (Å²) in [6.07, 6.45) is 0. The average Bonchev–Trinajstić information content (AvgIpc) is 3.09. The van der Waals surface area contributed by atoms with E-state index in [4.69, 9.17) is 11.6 Å². The largest absolute Gasteiger partial charge is 0.298 e. The fraction of sp³-hybridized carbons (Fsp3) is 0.0476. The molecule has 0 aliphatic rings. The lowest BCUT2D eigenvalue weighted by atomic mass is 10.2. The molecule has 0 spiro atoms. The van der Waals surface area contributed by atoms with Gasteiger partial charge < -0.3 is 0 Å². The van der Waals surface area contributed by atoms with Crippen molar-refractivity contribution in [2.45, 2.75) is 11.8 Å². The van der Waals surface area contributed by atoms with Crippen molar-refractivity contribution in [2.75, 3.05) is 10.0 Å². The minimum Gasteiger partial charge on any atom is -0.298 e. The van der Waals surface area contributed by atoms with E-state index in [-0.39, 0.29) is 4.90 Å². The molecule has 0 bridgehead atoms. The van der Waals surface area contributed by atoms with E-state index in [1.165, 1.54) is 29.5 Å². The highest BCUT2D eigenvalue weighted by atomic mass is 35.5. The van der Waals surface area contributed by atoms with Gasteiger partial charge in [0.25, 0.3) is 15.9 Å². The van der Waals surface area contributed by atoms with Crippen LogP contribution < -0.4 is 10.0 Å². The summed E-state index contributed by atoms with van der Waals surface area (Å²) in [5, 5.41) is 3.77. The van der Waals surface area contributed by atoms with Crippen LogP contribution in [0.1, 0.15) is 15.9 Å². The fourth-order valence-electron chi connectivity index (χ4n) is 2.78. The Balaban J connectivity index is 1.53. The Labute approximate surface area is 182 Å². The molecule has 1 aromatic heterocycles. The maximum absolute atomic E-state index is 12.6. The number of rotatable bonds is 5. The first-order valence-corrected chi connectivity index (χ1v) is 11.5. The number of amides is 1. The van der Waals surface area contributed by atoms with Crippen LogP contribution in [0.3, 0.4) is 0 Å². The Bertz CT molecular complexity index is 1350. The molecule has 4 rings (SSSR count). The second-order valence-electron chi connectivity index (χ2n) is 6.58. The highest BCUT2D eigenvalue weighted by molar-refractivity contribution is 7.92. The molecule has 4 aromatic rings. The van der Waals surface area contributed by atoms with Crippen molar-refractivity contribution in [1.29, 1.82) is 0 Å². The van der Waals surface area contributed by atoms with Crippen molar-refractivity contribution in [2.24, 2.45) is 0 Å². The lowest BCUT2D eigenvalue weighted by Gasteiger charge is -2.10. The first-order valence-electron chi connectivity index (χ1n) is 8.87. The summed E-state index contributed by atoms with van der Waals surface area (Å²) >= 11 is 7.30. The number of carbonyl (C=O) groups excluding carboxylic acids is 1. The number of anilines is 2. The van der Waals surface area contributed by atoms with Crippen LogP contribution in [-0.4, -0.2) is 19.3 Å². The molecule has 152 valence electrons. The average molecular weight is 458 g/mol. The van der Waals surface area contributed by atoms with Crippen molar-refractivity contribution in [3.8, 4) is 0 Å². The van der Waals surface area contributed by atoms with E-state index in [9.17, 15) is 13.2 Å². The molecule has 1 heterocycles. The predicted molar refractivity (Wildman–Crippen MR) is 121 cm³/mol. The van der Waals surface area contributed by atoms with E-state index in [0.29, 0.717) is 21.4 Å². The standard InChI is InChI=1S/C21H16ClN3O3S2/c1-13-5-8-17(9-6-13)30(27,28)25-16-4-2-3-14(11-16)20(26)24-21-23-18-10-7-15(22)12-19(18)29-21/h2-12,25H,1H3,(H,23,24,26). The third-order valence-electron chi connectivity index (χ3n) is 4.28. The summed E-state index contributed by atoms with van der Waals surface area (Å²) in [6, 6.07) is 18.1. The van der Waals surface area contributed by atoms with E-state index < -0.39 is 15.9 Å². The summed E-state index contributed by atoms with van der Waals surface area (Å²) in [7, 11) is -3.76. The number of carbonyl (C=O) groups is 1. The minimum atomic E-state index is -3.76. The van der Waals surface area contributed by atoms with Gasteiger partial charge in [-0.3, -0.25) is 14.8 Å². The van der Waals surface area contributed by atoms with Gasteiger partial charge in [-0.2, -0.15) is 0 Å². The number of hydrogen-bond donors (Lipinski definition) is 2. The van der Waals surface area contributed by atoms with Gasteiger partial charge in [-0.25, -0.2) is 13.4 Å². The monoisotopic (exact) mass is 457 g/mol. The number of nitrogens with zero attached hydrogens (tertiary/aromatic N) is 1. The number of halogens is 1. The molecular formula is C21H16ClN3O3S2. The van der Waals surface area contributed by atoms with E-state index >= 15 is 0 Å². The SMILES string of the molecule is Cc1ccc(S(=O)(=O)Nc2cccc(C(=O)Nc3nc4ccc(Cl)cc4s3)c2)cc1. The van der Waals surface area contributed by atoms with Crippen LogP contribution in [0.2, 0.25) is 5.02 Å². The molecule has 1 amide bonds. The number of hydrogen-bond acceptors (Lipinski definition) is 5. The number of sulfonamides is 1. The summed E-state index contributed by atoms with van der Waals surface area (Å²) in [6.45, 7) is 1.88.